The number of carbonyl (C=O) groups is 1. The standard InChI is InChI=1S/C19H17FN2O/c20-16-9-15(19(21)23)14-8-11-4-1-2-6-13(11)18(14)17(16)12-5-3-7-22-10-12/h1-2,4,6,9-10,22H,3,5,7-8H2,(H2,21,23). The topological polar surface area (TPSA) is 55.1 Å². The van der Waals surface area contributed by atoms with Gasteiger partial charge in [-0.1, -0.05) is 24.3 Å². The van der Waals surface area contributed by atoms with E-state index in [-0.39, 0.29) is 5.82 Å². The Morgan fingerprint density at radius 1 is 1.22 bits per heavy atom. The summed E-state index contributed by atoms with van der Waals surface area (Å²) in [6, 6.07) is 9.23. The molecule has 3 nitrogen and oxygen atoms in total. The van der Waals surface area contributed by atoms with Crippen LogP contribution in [0.4, 0.5) is 4.39 Å². The van der Waals surface area contributed by atoms with Crippen LogP contribution in [0.3, 0.4) is 0 Å². The average Bonchev–Trinajstić information content (AvgIpc) is 2.94. The monoisotopic (exact) mass is 308 g/mol. The number of benzene rings is 2. The second kappa shape index (κ2) is 5.23. The van der Waals surface area contributed by atoms with Crippen molar-refractivity contribution >= 4 is 11.5 Å². The van der Waals surface area contributed by atoms with Gasteiger partial charge in [0.2, 0.25) is 5.91 Å². The third-order valence-electron chi connectivity index (χ3n) is 4.67. The van der Waals surface area contributed by atoms with E-state index in [1.807, 2.05) is 30.5 Å². The highest BCUT2D eigenvalue weighted by Crippen LogP contribution is 2.44. The van der Waals surface area contributed by atoms with Crippen molar-refractivity contribution in [3.8, 4) is 11.1 Å². The summed E-state index contributed by atoms with van der Waals surface area (Å²) in [5.41, 5.74) is 11.2. The van der Waals surface area contributed by atoms with Crippen LogP contribution in [0.25, 0.3) is 16.7 Å². The maximum Gasteiger partial charge on any atom is 0.249 e. The molecule has 2 aromatic carbocycles. The van der Waals surface area contributed by atoms with Crippen molar-refractivity contribution in [3.63, 3.8) is 0 Å². The van der Waals surface area contributed by atoms with Crippen molar-refractivity contribution in [2.24, 2.45) is 5.73 Å². The smallest absolute Gasteiger partial charge is 0.249 e. The molecule has 2 aliphatic rings. The molecule has 1 heterocycles. The Balaban J connectivity index is 2.04. The zero-order chi connectivity index (χ0) is 16.0. The SMILES string of the molecule is NC(=O)c1cc(F)c(C2=CNCCC2)c2c1Cc1ccccc1-2. The Labute approximate surface area is 134 Å². The van der Waals surface area contributed by atoms with Crippen LogP contribution in [-0.2, 0) is 6.42 Å². The first-order valence-electron chi connectivity index (χ1n) is 7.83. The number of hydrogen-bond acceptors (Lipinski definition) is 2. The summed E-state index contributed by atoms with van der Waals surface area (Å²) in [5, 5.41) is 3.19. The predicted molar refractivity (Wildman–Crippen MR) is 88.4 cm³/mol. The molecular formula is C19H17FN2O. The summed E-state index contributed by atoms with van der Waals surface area (Å²) in [5.74, 6) is -0.945. The Bertz CT molecular complexity index is 855. The highest BCUT2D eigenvalue weighted by Gasteiger charge is 2.29. The number of nitrogens with two attached hydrogens (primary N) is 1. The largest absolute Gasteiger partial charge is 0.391 e. The second-order valence-corrected chi connectivity index (χ2v) is 6.06. The molecule has 0 fully saturated rings. The molecule has 0 saturated heterocycles. The zero-order valence-electron chi connectivity index (χ0n) is 12.7. The van der Waals surface area contributed by atoms with E-state index in [1.165, 1.54) is 6.07 Å². The summed E-state index contributed by atoms with van der Waals surface area (Å²) in [6.45, 7) is 0.906. The summed E-state index contributed by atoms with van der Waals surface area (Å²) in [6.07, 6.45) is 4.32. The van der Waals surface area contributed by atoms with Gasteiger partial charge < -0.3 is 11.1 Å². The van der Waals surface area contributed by atoms with Crippen LogP contribution >= 0.6 is 0 Å². The number of rotatable bonds is 2. The number of nitrogens with one attached hydrogen (secondary N) is 1. The molecule has 0 atom stereocenters. The molecule has 1 aliphatic heterocycles. The number of primary amides is 1. The van der Waals surface area contributed by atoms with Gasteiger partial charge in [0.25, 0.3) is 0 Å². The maximum atomic E-state index is 14.9. The molecule has 116 valence electrons. The van der Waals surface area contributed by atoms with Gasteiger partial charge in [0, 0.05) is 23.9 Å². The zero-order valence-corrected chi connectivity index (χ0v) is 12.7. The minimum Gasteiger partial charge on any atom is -0.391 e. The lowest BCUT2D eigenvalue weighted by Gasteiger charge is -2.19. The fourth-order valence-corrected chi connectivity index (χ4v) is 3.66. The fraction of sp³-hybridized carbons (Fsp3) is 0.211. The Morgan fingerprint density at radius 3 is 2.78 bits per heavy atom. The third kappa shape index (κ3) is 2.13. The molecule has 4 heteroatoms. The number of carbonyl (C=O) groups excluding carboxylic acids is 1. The molecule has 1 amide bonds. The maximum absolute atomic E-state index is 14.9. The van der Waals surface area contributed by atoms with Crippen LogP contribution in [-0.4, -0.2) is 12.5 Å². The van der Waals surface area contributed by atoms with E-state index >= 15 is 0 Å². The van der Waals surface area contributed by atoms with Crippen LogP contribution < -0.4 is 11.1 Å². The fourth-order valence-electron chi connectivity index (χ4n) is 3.66. The first-order valence-corrected chi connectivity index (χ1v) is 7.83. The Hall–Kier alpha value is -2.62. The van der Waals surface area contributed by atoms with Crippen LogP contribution in [0.5, 0.6) is 0 Å². The second-order valence-electron chi connectivity index (χ2n) is 6.06. The van der Waals surface area contributed by atoms with Gasteiger partial charge in [0.05, 0.1) is 0 Å². The molecule has 0 saturated carbocycles. The van der Waals surface area contributed by atoms with Crippen LogP contribution in [0, 0.1) is 5.82 Å². The highest BCUT2D eigenvalue weighted by atomic mass is 19.1. The van der Waals surface area contributed by atoms with Crippen molar-refractivity contribution in [1.29, 1.82) is 0 Å². The number of amides is 1. The first-order chi connectivity index (χ1) is 11.2. The van der Waals surface area contributed by atoms with Gasteiger partial charge in [-0.2, -0.15) is 0 Å². The lowest BCUT2D eigenvalue weighted by molar-refractivity contribution is 0.0999. The van der Waals surface area contributed by atoms with Crippen LogP contribution in [0.1, 0.15) is 39.9 Å². The summed E-state index contributed by atoms with van der Waals surface area (Å²) in [7, 11) is 0. The Morgan fingerprint density at radius 2 is 2.04 bits per heavy atom. The van der Waals surface area contributed by atoms with E-state index in [9.17, 15) is 9.18 Å². The van der Waals surface area contributed by atoms with Crippen molar-refractivity contribution in [2.75, 3.05) is 6.54 Å². The molecule has 3 N–H and O–H groups in total. The van der Waals surface area contributed by atoms with Gasteiger partial charge in [-0.25, -0.2) is 4.39 Å². The van der Waals surface area contributed by atoms with Crippen molar-refractivity contribution in [2.45, 2.75) is 19.3 Å². The molecule has 0 unspecified atom stereocenters. The average molecular weight is 308 g/mol. The van der Waals surface area contributed by atoms with E-state index in [2.05, 4.69) is 5.32 Å². The number of allylic oxidation sites excluding steroid dienone is 1. The van der Waals surface area contributed by atoms with Crippen LogP contribution in [0.15, 0.2) is 36.5 Å². The molecular weight excluding hydrogens is 291 g/mol. The quantitative estimate of drug-likeness (QED) is 0.764. The van der Waals surface area contributed by atoms with E-state index in [1.54, 1.807) is 0 Å². The lowest BCUT2D eigenvalue weighted by atomic mass is 9.88. The van der Waals surface area contributed by atoms with E-state index in [0.29, 0.717) is 17.5 Å². The lowest BCUT2D eigenvalue weighted by Crippen LogP contribution is -2.17. The van der Waals surface area contributed by atoms with Crippen molar-refractivity contribution < 1.29 is 9.18 Å². The van der Waals surface area contributed by atoms with Gasteiger partial charge in [0.1, 0.15) is 5.82 Å². The van der Waals surface area contributed by atoms with E-state index in [0.717, 1.165) is 47.2 Å². The molecule has 2 aromatic rings. The summed E-state index contributed by atoms with van der Waals surface area (Å²) < 4.78 is 14.9. The summed E-state index contributed by atoms with van der Waals surface area (Å²) >= 11 is 0. The van der Waals surface area contributed by atoms with Crippen molar-refractivity contribution in [3.05, 3.63) is 64.6 Å². The van der Waals surface area contributed by atoms with Gasteiger partial charge in [-0.05, 0) is 53.2 Å². The third-order valence-corrected chi connectivity index (χ3v) is 4.67. The van der Waals surface area contributed by atoms with Crippen LogP contribution in [0.2, 0.25) is 0 Å². The molecule has 1 aliphatic carbocycles. The molecule has 0 bridgehead atoms. The van der Waals surface area contributed by atoms with E-state index < -0.39 is 5.91 Å². The van der Waals surface area contributed by atoms with Gasteiger partial charge in [0.15, 0.2) is 0 Å². The van der Waals surface area contributed by atoms with Gasteiger partial charge in [-0.3, -0.25) is 4.79 Å². The molecule has 0 aromatic heterocycles. The van der Waals surface area contributed by atoms with E-state index in [4.69, 9.17) is 5.73 Å². The summed E-state index contributed by atoms with van der Waals surface area (Å²) in [4.78, 5) is 11.8. The molecule has 23 heavy (non-hydrogen) atoms. The number of fused-ring (bicyclic) bond motifs is 3. The molecule has 0 spiro atoms. The molecule has 0 radical (unpaired) electrons. The molecule has 4 rings (SSSR count). The highest BCUT2D eigenvalue weighted by molar-refractivity contribution is 6.00. The van der Waals surface area contributed by atoms with Crippen molar-refractivity contribution in [1.82, 2.24) is 5.32 Å². The normalized spacial score (nSPS) is 15.4. The minimum absolute atomic E-state index is 0.293. The predicted octanol–water partition coefficient (Wildman–Crippen LogP) is 3.22. The Kier molecular flexibility index (Phi) is 3.18. The van der Waals surface area contributed by atoms with Gasteiger partial charge >= 0.3 is 0 Å². The van der Waals surface area contributed by atoms with Gasteiger partial charge in [-0.15, -0.1) is 0 Å². The first kappa shape index (κ1) is 14.0. The minimum atomic E-state index is -0.574. The number of hydrogen-bond donors (Lipinski definition) is 2. The number of halogens is 1.